The molecule has 7 nitrogen and oxygen atoms in total. The first-order valence-electron chi connectivity index (χ1n) is 7.44. The normalized spacial score (nSPS) is 13.9. The molecule has 0 radical (unpaired) electrons. The maximum absolute atomic E-state index is 12.2. The van der Waals surface area contributed by atoms with Crippen LogP contribution in [0.5, 0.6) is 0 Å². The fraction of sp³-hybridized carbons (Fsp3) is 0.188. The number of nitrogens with one attached hydrogen (secondary N) is 4. The molecule has 0 atom stereocenters. The molecule has 2 amide bonds. The Balaban J connectivity index is 1.43. The molecule has 116 valence electrons. The number of hydrogen-bond acceptors (Lipinski definition) is 3. The Hall–Kier alpha value is -3.09. The molecule has 0 aliphatic heterocycles. The highest BCUT2D eigenvalue weighted by atomic mass is 16.2. The summed E-state index contributed by atoms with van der Waals surface area (Å²) in [5, 5.41) is 7.63. The average molecular weight is 309 g/mol. The zero-order valence-electron chi connectivity index (χ0n) is 12.2. The lowest BCUT2D eigenvalue weighted by Crippen LogP contribution is -2.41. The van der Waals surface area contributed by atoms with Crippen LogP contribution in [0.2, 0.25) is 0 Å². The Morgan fingerprint density at radius 1 is 1.13 bits per heavy atom. The first-order valence-corrected chi connectivity index (χ1v) is 7.44. The maximum atomic E-state index is 12.2. The van der Waals surface area contributed by atoms with Crippen LogP contribution in [0.25, 0.3) is 10.9 Å². The highest BCUT2D eigenvalue weighted by Gasteiger charge is 2.26. The van der Waals surface area contributed by atoms with Gasteiger partial charge in [-0.1, -0.05) is 18.2 Å². The monoisotopic (exact) mass is 309 g/mol. The van der Waals surface area contributed by atoms with Gasteiger partial charge in [0.1, 0.15) is 0 Å². The summed E-state index contributed by atoms with van der Waals surface area (Å²) < 4.78 is 0. The number of aromatic amines is 2. The summed E-state index contributed by atoms with van der Waals surface area (Å²) in [5.74, 6) is -0.333. The fourth-order valence-electron chi connectivity index (χ4n) is 2.56. The molecule has 0 bridgehead atoms. The van der Waals surface area contributed by atoms with Crippen LogP contribution in [0.4, 0.5) is 0 Å². The predicted octanol–water partition coefficient (Wildman–Crippen LogP) is 1.84. The van der Waals surface area contributed by atoms with Crippen LogP contribution < -0.4 is 10.9 Å². The molecule has 0 spiro atoms. The Morgan fingerprint density at radius 3 is 2.74 bits per heavy atom. The van der Waals surface area contributed by atoms with Crippen LogP contribution in [0.15, 0.2) is 36.5 Å². The van der Waals surface area contributed by atoms with Gasteiger partial charge in [0.15, 0.2) is 5.69 Å². The van der Waals surface area contributed by atoms with Crippen LogP contribution in [0, 0.1) is 0 Å². The van der Waals surface area contributed by atoms with Gasteiger partial charge in [-0.15, -0.1) is 0 Å². The third kappa shape index (κ3) is 2.57. The quantitative estimate of drug-likeness (QED) is 0.555. The molecule has 3 aromatic rings. The summed E-state index contributed by atoms with van der Waals surface area (Å²) >= 11 is 0. The topological polar surface area (TPSA) is 103 Å². The van der Waals surface area contributed by atoms with Crippen molar-refractivity contribution >= 4 is 22.7 Å². The molecule has 1 aliphatic carbocycles. The van der Waals surface area contributed by atoms with E-state index in [1.54, 1.807) is 12.3 Å². The van der Waals surface area contributed by atoms with E-state index in [4.69, 9.17) is 0 Å². The molecular formula is C16H15N5O2. The fourth-order valence-corrected chi connectivity index (χ4v) is 2.56. The molecular weight excluding hydrogens is 294 g/mol. The van der Waals surface area contributed by atoms with Crippen LogP contribution >= 0.6 is 0 Å². The lowest BCUT2D eigenvalue weighted by Gasteiger charge is -2.04. The van der Waals surface area contributed by atoms with Crippen molar-refractivity contribution in [2.24, 2.45) is 0 Å². The first kappa shape index (κ1) is 13.6. The van der Waals surface area contributed by atoms with Gasteiger partial charge in [0.05, 0.1) is 5.56 Å². The summed E-state index contributed by atoms with van der Waals surface area (Å²) in [6, 6.07) is 9.20. The van der Waals surface area contributed by atoms with Crippen molar-refractivity contribution in [3.05, 3.63) is 53.5 Å². The van der Waals surface area contributed by atoms with E-state index in [1.807, 2.05) is 24.3 Å². The standard InChI is InChI=1S/C16H15N5O2/c22-15(11-8-17-12-4-2-1-3-10(11)12)20-21-16(23)14-7-13(18-19-14)9-5-6-9/h1-4,7-9,17H,5-6H2,(H,18,19)(H,20,22)(H,21,23). The number of nitrogens with zero attached hydrogens (tertiary/aromatic N) is 1. The predicted molar refractivity (Wildman–Crippen MR) is 83.8 cm³/mol. The zero-order chi connectivity index (χ0) is 15.8. The summed E-state index contributed by atoms with van der Waals surface area (Å²) in [5.41, 5.74) is 7.39. The molecule has 4 N–H and O–H groups in total. The number of H-pyrrole nitrogens is 2. The SMILES string of the molecule is O=C(NNC(=O)c1c[nH]c2ccccc12)c1cc(C2CC2)[nH]n1. The van der Waals surface area contributed by atoms with Crippen LogP contribution in [0.1, 0.15) is 45.3 Å². The summed E-state index contributed by atoms with van der Waals surface area (Å²) in [6.07, 6.45) is 3.87. The largest absolute Gasteiger partial charge is 0.360 e. The minimum Gasteiger partial charge on any atom is -0.360 e. The van der Waals surface area contributed by atoms with Crippen LogP contribution in [-0.2, 0) is 0 Å². The molecule has 7 heteroatoms. The second kappa shape index (κ2) is 5.28. The number of rotatable bonds is 3. The average Bonchev–Trinajstić information content (AvgIpc) is 3.14. The van der Waals surface area contributed by atoms with E-state index in [0.717, 1.165) is 29.4 Å². The Morgan fingerprint density at radius 2 is 1.91 bits per heavy atom. The lowest BCUT2D eigenvalue weighted by atomic mass is 10.2. The Labute approximate surface area is 131 Å². The minimum absolute atomic E-state index is 0.270. The van der Waals surface area contributed by atoms with E-state index in [9.17, 15) is 9.59 Å². The van der Waals surface area contributed by atoms with Crippen molar-refractivity contribution in [1.29, 1.82) is 0 Å². The highest BCUT2D eigenvalue weighted by Crippen LogP contribution is 2.38. The first-order chi connectivity index (χ1) is 11.2. The number of para-hydroxylation sites is 1. The van der Waals surface area contributed by atoms with Gasteiger partial charge in [-0.05, 0) is 25.0 Å². The van der Waals surface area contributed by atoms with E-state index in [2.05, 4.69) is 26.0 Å². The number of fused-ring (bicyclic) bond motifs is 1. The summed E-state index contributed by atoms with van der Waals surface area (Å²) in [4.78, 5) is 27.2. The van der Waals surface area contributed by atoms with E-state index < -0.39 is 5.91 Å². The van der Waals surface area contributed by atoms with Crippen molar-refractivity contribution in [2.45, 2.75) is 18.8 Å². The highest BCUT2D eigenvalue weighted by molar-refractivity contribution is 6.07. The number of benzene rings is 1. The molecule has 2 heterocycles. The summed E-state index contributed by atoms with van der Waals surface area (Å²) in [7, 11) is 0. The van der Waals surface area contributed by atoms with Gasteiger partial charge in [-0.25, -0.2) is 0 Å². The summed E-state index contributed by atoms with van der Waals surface area (Å²) in [6.45, 7) is 0. The Bertz CT molecular complexity index is 891. The number of aromatic nitrogens is 3. The van der Waals surface area contributed by atoms with E-state index in [-0.39, 0.29) is 11.6 Å². The number of carbonyl (C=O) groups excluding carboxylic acids is 2. The molecule has 0 saturated heterocycles. The molecule has 1 aliphatic rings. The van der Waals surface area contributed by atoms with Gasteiger partial charge in [-0.2, -0.15) is 5.10 Å². The van der Waals surface area contributed by atoms with Gasteiger partial charge >= 0.3 is 0 Å². The van der Waals surface area contributed by atoms with Crippen molar-refractivity contribution in [2.75, 3.05) is 0 Å². The second-order valence-corrected chi connectivity index (χ2v) is 5.64. The molecule has 23 heavy (non-hydrogen) atoms. The molecule has 1 fully saturated rings. The van der Waals surface area contributed by atoms with Crippen molar-refractivity contribution in [3.8, 4) is 0 Å². The van der Waals surface area contributed by atoms with Crippen molar-refractivity contribution < 1.29 is 9.59 Å². The van der Waals surface area contributed by atoms with Gasteiger partial charge in [0.2, 0.25) is 0 Å². The Kier molecular flexibility index (Phi) is 3.11. The molecule has 0 unspecified atom stereocenters. The van der Waals surface area contributed by atoms with Crippen molar-refractivity contribution in [1.82, 2.24) is 26.0 Å². The molecule has 4 rings (SSSR count). The number of hydrazine groups is 1. The van der Waals surface area contributed by atoms with E-state index in [0.29, 0.717) is 11.5 Å². The van der Waals surface area contributed by atoms with Gasteiger partial charge in [0, 0.05) is 28.7 Å². The van der Waals surface area contributed by atoms with E-state index >= 15 is 0 Å². The van der Waals surface area contributed by atoms with Crippen LogP contribution in [-0.4, -0.2) is 27.0 Å². The lowest BCUT2D eigenvalue weighted by molar-refractivity contribution is 0.0845. The molecule has 2 aromatic heterocycles. The molecule has 1 aromatic carbocycles. The number of hydrogen-bond donors (Lipinski definition) is 4. The van der Waals surface area contributed by atoms with Gasteiger partial charge in [0.25, 0.3) is 11.8 Å². The second-order valence-electron chi connectivity index (χ2n) is 5.64. The number of amides is 2. The number of carbonyl (C=O) groups is 2. The van der Waals surface area contributed by atoms with Crippen LogP contribution in [0.3, 0.4) is 0 Å². The third-order valence-electron chi connectivity index (χ3n) is 3.97. The van der Waals surface area contributed by atoms with E-state index in [1.165, 1.54) is 0 Å². The van der Waals surface area contributed by atoms with Crippen molar-refractivity contribution in [3.63, 3.8) is 0 Å². The third-order valence-corrected chi connectivity index (χ3v) is 3.97. The zero-order valence-corrected chi connectivity index (χ0v) is 12.2. The maximum Gasteiger partial charge on any atom is 0.290 e. The minimum atomic E-state index is -0.443. The van der Waals surface area contributed by atoms with Gasteiger partial charge < -0.3 is 4.98 Å². The smallest absolute Gasteiger partial charge is 0.290 e. The molecule has 1 saturated carbocycles. The van der Waals surface area contributed by atoms with Gasteiger partial charge in [-0.3, -0.25) is 25.5 Å².